The van der Waals surface area contributed by atoms with E-state index >= 15 is 0 Å². The van der Waals surface area contributed by atoms with Crippen molar-refractivity contribution in [3.8, 4) is 0 Å². The number of nitrogens with zero attached hydrogens (tertiary/aromatic N) is 2. The lowest BCUT2D eigenvalue weighted by Gasteiger charge is -1.92. The van der Waals surface area contributed by atoms with Crippen molar-refractivity contribution >= 4 is 5.69 Å². The molecule has 1 aromatic heterocycles. The Morgan fingerprint density at radius 1 is 1.73 bits per heavy atom. The molecular weight excluding hydrogens is 151 g/mol. The number of alkyl halides is 1. The fourth-order valence-corrected chi connectivity index (χ4v) is 0.652. The van der Waals surface area contributed by atoms with Gasteiger partial charge in [0.05, 0.1) is 10.6 Å². The molecule has 0 bridgehead atoms. The van der Waals surface area contributed by atoms with Gasteiger partial charge < -0.3 is 0 Å². The van der Waals surface area contributed by atoms with E-state index in [0.717, 1.165) is 6.07 Å². The normalized spacial score (nSPS) is 9.55. The van der Waals surface area contributed by atoms with Gasteiger partial charge in [-0.3, -0.25) is 15.1 Å². The Labute approximate surface area is 61.8 Å². The summed E-state index contributed by atoms with van der Waals surface area (Å²) in [7, 11) is 0. The van der Waals surface area contributed by atoms with Gasteiger partial charge in [-0.15, -0.1) is 0 Å². The standard InChI is InChI=1S/C6H5FN2O2/c7-4-5-3-6(9(10)11)1-2-8-5/h1-3H,4H2. The second kappa shape index (κ2) is 3.05. The summed E-state index contributed by atoms with van der Waals surface area (Å²) in [6.07, 6.45) is 1.22. The van der Waals surface area contributed by atoms with Gasteiger partial charge >= 0.3 is 0 Å². The molecule has 1 aromatic rings. The van der Waals surface area contributed by atoms with Crippen LogP contribution in [0.3, 0.4) is 0 Å². The highest BCUT2D eigenvalue weighted by Crippen LogP contribution is 2.10. The molecule has 1 rings (SSSR count). The Balaban J connectivity index is 3.01. The lowest BCUT2D eigenvalue weighted by atomic mass is 10.3. The van der Waals surface area contributed by atoms with E-state index in [4.69, 9.17) is 0 Å². The molecule has 1 heterocycles. The van der Waals surface area contributed by atoms with Crippen LogP contribution < -0.4 is 0 Å². The zero-order valence-corrected chi connectivity index (χ0v) is 5.53. The predicted octanol–water partition coefficient (Wildman–Crippen LogP) is 1.46. The molecule has 4 nitrogen and oxygen atoms in total. The number of rotatable bonds is 2. The van der Waals surface area contributed by atoms with Crippen molar-refractivity contribution in [1.29, 1.82) is 0 Å². The van der Waals surface area contributed by atoms with E-state index < -0.39 is 11.6 Å². The molecule has 0 radical (unpaired) electrons. The van der Waals surface area contributed by atoms with Crippen LogP contribution in [-0.4, -0.2) is 9.91 Å². The van der Waals surface area contributed by atoms with Crippen LogP contribution >= 0.6 is 0 Å². The lowest BCUT2D eigenvalue weighted by molar-refractivity contribution is -0.385. The number of nitro groups is 1. The molecule has 0 aliphatic carbocycles. The molecule has 0 saturated heterocycles. The largest absolute Gasteiger partial charge is 0.272 e. The van der Waals surface area contributed by atoms with E-state index in [1.165, 1.54) is 12.3 Å². The molecule has 0 unspecified atom stereocenters. The van der Waals surface area contributed by atoms with Gasteiger partial charge in [0, 0.05) is 18.3 Å². The minimum absolute atomic E-state index is 0.0826. The van der Waals surface area contributed by atoms with Crippen molar-refractivity contribution < 1.29 is 9.31 Å². The fraction of sp³-hybridized carbons (Fsp3) is 0.167. The highest BCUT2D eigenvalue weighted by atomic mass is 19.1. The quantitative estimate of drug-likeness (QED) is 0.481. The van der Waals surface area contributed by atoms with E-state index in [9.17, 15) is 14.5 Å². The van der Waals surface area contributed by atoms with E-state index in [1.807, 2.05) is 0 Å². The van der Waals surface area contributed by atoms with Gasteiger partial charge in [-0.1, -0.05) is 0 Å². The Hall–Kier alpha value is -1.52. The molecule has 0 fully saturated rings. The van der Waals surface area contributed by atoms with Crippen molar-refractivity contribution in [2.75, 3.05) is 0 Å². The first-order valence-corrected chi connectivity index (χ1v) is 2.89. The van der Waals surface area contributed by atoms with Crippen LogP contribution in [0.25, 0.3) is 0 Å². The zero-order valence-electron chi connectivity index (χ0n) is 5.53. The van der Waals surface area contributed by atoms with Crippen LogP contribution in [-0.2, 0) is 6.67 Å². The third-order valence-corrected chi connectivity index (χ3v) is 1.15. The SMILES string of the molecule is O=[N+]([O-])c1ccnc(CF)c1. The average molecular weight is 156 g/mol. The molecule has 0 aromatic carbocycles. The molecule has 0 N–H and O–H groups in total. The first-order valence-electron chi connectivity index (χ1n) is 2.89. The van der Waals surface area contributed by atoms with Crippen LogP contribution in [0.4, 0.5) is 10.1 Å². The molecular formula is C6H5FN2O2. The first-order chi connectivity index (χ1) is 5.24. The molecule has 5 heteroatoms. The molecule has 0 aliphatic rings. The van der Waals surface area contributed by atoms with Gasteiger partial charge in [0.15, 0.2) is 0 Å². The molecule has 11 heavy (non-hydrogen) atoms. The minimum atomic E-state index is -0.776. The smallest absolute Gasteiger partial charge is 0.258 e. The second-order valence-electron chi connectivity index (χ2n) is 1.90. The molecule has 0 atom stereocenters. The summed E-state index contributed by atoms with van der Waals surface area (Å²) >= 11 is 0. The van der Waals surface area contributed by atoms with Crippen LogP contribution in [0.15, 0.2) is 18.3 Å². The molecule has 0 saturated carbocycles. The van der Waals surface area contributed by atoms with E-state index in [1.54, 1.807) is 0 Å². The summed E-state index contributed by atoms with van der Waals surface area (Å²) in [6.45, 7) is -0.776. The van der Waals surface area contributed by atoms with Crippen molar-refractivity contribution in [3.63, 3.8) is 0 Å². The van der Waals surface area contributed by atoms with Gasteiger partial charge in [0.1, 0.15) is 6.67 Å². The zero-order chi connectivity index (χ0) is 8.27. The van der Waals surface area contributed by atoms with Crippen LogP contribution in [0.2, 0.25) is 0 Å². The summed E-state index contributed by atoms with van der Waals surface area (Å²) in [5.74, 6) is 0. The summed E-state index contributed by atoms with van der Waals surface area (Å²) in [5.41, 5.74) is -0.0492. The Morgan fingerprint density at radius 3 is 3.00 bits per heavy atom. The van der Waals surface area contributed by atoms with Crippen LogP contribution in [0.1, 0.15) is 5.69 Å². The topological polar surface area (TPSA) is 56.0 Å². The van der Waals surface area contributed by atoms with Gasteiger partial charge in [0.25, 0.3) is 5.69 Å². The lowest BCUT2D eigenvalue weighted by Crippen LogP contribution is -1.91. The summed E-state index contributed by atoms with van der Waals surface area (Å²) in [5, 5.41) is 10.1. The molecule has 0 aliphatic heterocycles. The highest BCUT2D eigenvalue weighted by Gasteiger charge is 2.05. The number of pyridine rings is 1. The van der Waals surface area contributed by atoms with Gasteiger partial charge in [-0.05, 0) is 0 Å². The van der Waals surface area contributed by atoms with Crippen molar-refractivity contribution in [3.05, 3.63) is 34.1 Å². The third-order valence-electron chi connectivity index (χ3n) is 1.15. The second-order valence-corrected chi connectivity index (χ2v) is 1.90. The van der Waals surface area contributed by atoms with Crippen molar-refractivity contribution in [2.24, 2.45) is 0 Å². The number of hydrogen-bond donors (Lipinski definition) is 0. The monoisotopic (exact) mass is 156 g/mol. The molecule has 0 spiro atoms. The maximum Gasteiger partial charge on any atom is 0.272 e. The van der Waals surface area contributed by atoms with Crippen LogP contribution in [0, 0.1) is 10.1 Å². The Kier molecular flexibility index (Phi) is 2.10. The van der Waals surface area contributed by atoms with Gasteiger partial charge in [-0.25, -0.2) is 4.39 Å². The Bertz CT molecular complexity index is 277. The minimum Gasteiger partial charge on any atom is -0.258 e. The predicted molar refractivity (Wildman–Crippen MR) is 35.7 cm³/mol. The van der Waals surface area contributed by atoms with Gasteiger partial charge in [0.2, 0.25) is 0 Å². The molecule has 0 amide bonds. The van der Waals surface area contributed by atoms with Crippen molar-refractivity contribution in [1.82, 2.24) is 4.98 Å². The highest BCUT2D eigenvalue weighted by molar-refractivity contribution is 5.29. The first kappa shape index (κ1) is 7.59. The summed E-state index contributed by atoms with van der Waals surface area (Å²) in [4.78, 5) is 13.1. The summed E-state index contributed by atoms with van der Waals surface area (Å²) in [6, 6.07) is 2.33. The van der Waals surface area contributed by atoms with E-state index in [2.05, 4.69) is 4.98 Å². The van der Waals surface area contributed by atoms with Crippen molar-refractivity contribution in [2.45, 2.75) is 6.67 Å². The van der Waals surface area contributed by atoms with E-state index in [-0.39, 0.29) is 11.4 Å². The average Bonchev–Trinajstić information content (AvgIpc) is 2.05. The van der Waals surface area contributed by atoms with E-state index in [0.29, 0.717) is 0 Å². The number of halogens is 1. The maximum absolute atomic E-state index is 11.9. The number of hydrogen-bond acceptors (Lipinski definition) is 3. The third kappa shape index (κ3) is 1.70. The van der Waals surface area contributed by atoms with Crippen LogP contribution in [0.5, 0.6) is 0 Å². The Morgan fingerprint density at radius 2 is 2.45 bits per heavy atom. The maximum atomic E-state index is 11.9. The van der Waals surface area contributed by atoms with Gasteiger partial charge in [-0.2, -0.15) is 0 Å². The molecule has 58 valence electrons. The summed E-state index contributed by atoms with van der Waals surface area (Å²) < 4.78 is 11.9. The fourth-order valence-electron chi connectivity index (χ4n) is 0.652. The number of aromatic nitrogens is 1.